The summed E-state index contributed by atoms with van der Waals surface area (Å²) in [6, 6.07) is 3.92. The van der Waals surface area contributed by atoms with Crippen molar-refractivity contribution in [1.29, 1.82) is 0 Å². The lowest BCUT2D eigenvalue weighted by molar-refractivity contribution is -0.138. The molecule has 0 radical (unpaired) electrons. The maximum Gasteiger partial charge on any atom is 0.416 e. The first-order valence-corrected chi connectivity index (χ1v) is 5.83. The lowest BCUT2D eigenvalue weighted by atomic mass is 10.1. The summed E-state index contributed by atoms with van der Waals surface area (Å²) >= 11 is 0. The Labute approximate surface area is 115 Å². The van der Waals surface area contributed by atoms with Crippen molar-refractivity contribution in [2.75, 3.05) is 25.6 Å². The van der Waals surface area contributed by atoms with Crippen LogP contribution in [-0.2, 0) is 10.9 Å². The van der Waals surface area contributed by atoms with Crippen molar-refractivity contribution in [2.24, 2.45) is 10.8 Å². The Kier molecular flexibility index (Phi) is 5.78. The van der Waals surface area contributed by atoms with Crippen molar-refractivity contribution < 1.29 is 17.9 Å². The summed E-state index contributed by atoms with van der Waals surface area (Å²) in [5, 5.41) is 2.69. The van der Waals surface area contributed by atoms with Crippen LogP contribution in [0.15, 0.2) is 23.2 Å². The summed E-state index contributed by atoms with van der Waals surface area (Å²) in [5.41, 5.74) is 1.99. The van der Waals surface area contributed by atoms with Crippen molar-refractivity contribution in [2.45, 2.75) is 13.1 Å². The lowest BCUT2D eigenvalue weighted by Crippen LogP contribution is -2.36. The Morgan fingerprint density at radius 1 is 1.40 bits per heavy atom. The van der Waals surface area contributed by atoms with E-state index in [9.17, 15) is 13.2 Å². The quantitative estimate of drug-likeness (QED) is 0.260. The van der Waals surface area contributed by atoms with E-state index in [1.165, 1.54) is 26.2 Å². The number of anilines is 1. The normalized spacial score (nSPS) is 12.4. The first-order chi connectivity index (χ1) is 9.38. The molecule has 0 atom stereocenters. The third kappa shape index (κ3) is 4.71. The van der Waals surface area contributed by atoms with E-state index in [0.717, 1.165) is 6.07 Å². The molecule has 1 rings (SSSR count). The second kappa shape index (κ2) is 7.11. The van der Waals surface area contributed by atoms with Gasteiger partial charge >= 0.3 is 6.18 Å². The van der Waals surface area contributed by atoms with Gasteiger partial charge in [0.05, 0.1) is 18.7 Å². The topological polar surface area (TPSA) is 71.7 Å². The first kappa shape index (κ1) is 16.3. The number of aryl methyl sites for hydroxylation is 1. The van der Waals surface area contributed by atoms with Crippen molar-refractivity contribution in [3.05, 3.63) is 29.3 Å². The van der Waals surface area contributed by atoms with Crippen LogP contribution in [0.4, 0.5) is 18.9 Å². The molecule has 0 aliphatic rings. The van der Waals surface area contributed by atoms with Gasteiger partial charge in [0.1, 0.15) is 0 Å². The van der Waals surface area contributed by atoms with Crippen LogP contribution in [0.1, 0.15) is 11.1 Å². The van der Waals surface area contributed by atoms with Gasteiger partial charge in [-0.15, -0.1) is 0 Å². The van der Waals surface area contributed by atoms with Gasteiger partial charge in [-0.25, -0.2) is 10.8 Å². The van der Waals surface area contributed by atoms with Gasteiger partial charge in [0, 0.05) is 12.8 Å². The van der Waals surface area contributed by atoms with E-state index in [0.29, 0.717) is 13.2 Å². The number of ether oxygens (including phenoxy) is 1. The van der Waals surface area contributed by atoms with Gasteiger partial charge in [-0.3, -0.25) is 5.43 Å². The molecule has 1 aromatic rings. The van der Waals surface area contributed by atoms with E-state index >= 15 is 0 Å². The number of hydrogen-bond donors (Lipinski definition) is 3. The molecule has 0 aliphatic carbocycles. The number of hydrogen-bond acceptors (Lipinski definition) is 3. The number of nitrogens with two attached hydrogens (primary N) is 1. The van der Waals surface area contributed by atoms with E-state index < -0.39 is 11.7 Å². The molecule has 0 spiro atoms. The molecule has 0 unspecified atom stereocenters. The SMILES string of the molecule is COCCN=C(NN)Nc1ccc(C)c(C(F)(F)F)c1. The molecule has 112 valence electrons. The summed E-state index contributed by atoms with van der Waals surface area (Å²) in [4.78, 5) is 4.00. The fourth-order valence-electron chi connectivity index (χ4n) is 1.51. The highest BCUT2D eigenvalue weighted by molar-refractivity contribution is 5.93. The summed E-state index contributed by atoms with van der Waals surface area (Å²) in [5.74, 6) is 5.42. The summed E-state index contributed by atoms with van der Waals surface area (Å²) in [7, 11) is 1.52. The highest BCUT2D eigenvalue weighted by atomic mass is 19.4. The van der Waals surface area contributed by atoms with Crippen LogP contribution in [0.2, 0.25) is 0 Å². The molecule has 0 aliphatic heterocycles. The van der Waals surface area contributed by atoms with Crippen LogP contribution >= 0.6 is 0 Å². The fourth-order valence-corrected chi connectivity index (χ4v) is 1.51. The molecule has 0 aromatic heterocycles. The standard InChI is InChI=1S/C12H17F3N4O/c1-8-3-4-9(7-10(8)12(13,14)15)18-11(19-16)17-5-6-20-2/h3-4,7H,5-6,16H2,1-2H3,(H2,17,18,19). The van der Waals surface area contributed by atoms with Crippen LogP contribution < -0.4 is 16.6 Å². The molecule has 0 saturated carbocycles. The average Bonchev–Trinajstić information content (AvgIpc) is 2.38. The molecular weight excluding hydrogens is 273 g/mol. The second-order valence-electron chi connectivity index (χ2n) is 4.02. The Morgan fingerprint density at radius 3 is 2.65 bits per heavy atom. The van der Waals surface area contributed by atoms with Crippen molar-refractivity contribution in [3.8, 4) is 0 Å². The predicted octanol–water partition coefficient (Wildman–Crippen LogP) is 1.89. The summed E-state index contributed by atoms with van der Waals surface area (Å²) in [6.07, 6.45) is -4.40. The van der Waals surface area contributed by atoms with Gasteiger partial charge in [-0.05, 0) is 24.6 Å². The third-order valence-electron chi connectivity index (χ3n) is 2.51. The van der Waals surface area contributed by atoms with Crippen molar-refractivity contribution >= 4 is 11.6 Å². The average molecular weight is 290 g/mol. The predicted molar refractivity (Wildman–Crippen MR) is 71.3 cm³/mol. The number of hydrazine groups is 1. The van der Waals surface area contributed by atoms with Crippen LogP contribution in [0.3, 0.4) is 0 Å². The number of halogens is 3. The molecule has 0 fully saturated rings. The largest absolute Gasteiger partial charge is 0.416 e. The van der Waals surface area contributed by atoms with Gasteiger partial charge in [0.25, 0.3) is 0 Å². The minimum atomic E-state index is -4.40. The molecule has 20 heavy (non-hydrogen) atoms. The molecule has 5 nitrogen and oxygen atoms in total. The van der Waals surface area contributed by atoms with Crippen LogP contribution in [0.25, 0.3) is 0 Å². The van der Waals surface area contributed by atoms with Crippen LogP contribution in [0.5, 0.6) is 0 Å². The van der Waals surface area contributed by atoms with Crippen LogP contribution in [-0.4, -0.2) is 26.2 Å². The number of nitrogens with zero attached hydrogens (tertiary/aromatic N) is 1. The zero-order valence-electron chi connectivity index (χ0n) is 11.2. The van der Waals surface area contributed by atoms with Gasteiger partial charge in [0.2, 0.25) is 5.96 Å². The third-order valence-corrected chi connectivity index (χ3v) is 2.51. The molecule has 0 bridgehead atoms. The van der Waals surface area contributed by atoms with E-state index in [4.69, 9.17) is 10.6 Å². The van der Waals surface area contributed by atoms with Gasteiger partial charge in [-0.2, -0.15) is 13.2 Å². The highest BCUT2D eigenvalue weighted by Gasteiger charge is 2.32. The summed E-state index contributed by atoms with van der Waals surface area (Å²) < 4.78 is 43.2. The van der Waals surface area contributed by atoms with E-state index in [2.05, 4.69) is 15.7 Å². The Morgan fingerprint density at radius 2 is 2.10 bits per heavy atom. The van der Waals surface area contributed by atoms with Gasteiger partial charge in [0.15, 0.2) is 0 Å². The first-order valence-electron chi connectivity index (χ1n) is 5.83. The van der Waals surface area contributed by atoms with E-state index in [-0.39, 0.29) is 17.2 Å². The minimum Gasteiger partial charge on any atom is -0.383 e. The number of benzene rings is 1. The Hall–Kier alpha value is -1.80. The van der Waals surface area contributed by atoms with Crippen molar-refractivity contribution in [3.63, 3.8) is 0 Å². The maximum atomic E-state index is 12.8. The number of methoxy groups -OCH3 is 1. The Bertz CT molecular complexity index is 474. The molecule has 1 aromatic carbocycles. The zero-order chi connectivity index (χ0) is 15.2. The number of aliphatic imine (C=N–C) groups is 1. The van der Waals surface area contributed by atoms with Gasteiger partial charge in [-0.1, -0.05) is 6.07 Å². The minimum absolute atomic E-state index is 0.154. The monoisotopic (exact) mass is 290 g/mol. The second-order valence-corrected chi connectivity index (χ2v) is 4.02. The van der Waals surface area contributed by atoms with E-state index in [1.807, 2.05) is 0 Å². The molecule has 0 heterocycles. The Balaban J connectivity index is 2.89. The number of nitrogens with one attached hydrogen (secondary N) is 2. The molecule has 8 heteroatoms. The highest BCUT2D eigenvalue weighted by Crippen LogP contribution is 2.33. The van der Waals surface area contributed by atoms with Gasteiger partial charge < -0.3 is 10.1 Å². The fraction of sp³-hybridized carbons (Fsp3) is 0.417. The molecule has 0 amide bonds. The van der Waals surface area contributed by atoms with Crippen molar-refractivity contribution in [1.82, 2.24) is 5.43 Å². The number of guanidine groups is 1. The smallest absolute Gasteiger partial charge is 0.383 e. The lowest BCUT2D eigenvalue weighted by Gasteiger charge is -2.14. The number of alkyl halides is 3. The van der Waals surface area contributed by atoms with Crippen LogP contribution in [0, 0.1) is 6.92 Å². The zero-order valence-corrected chi connectivity index (χ0v) is 11.2. The van der Waals surface area contributed by atoms with E-state index in [1.54, 1.807) is 0 Å². The molecule has 4 N–H and O–H groups in total. The number of rotatable bonds is 4. The molecular formula is C12H17F3N4O. The molecule has 0 saturated heterocycles. The summed E-state index contributed by atoms with van der Waals surface area (Å²) in [6.45, 7) is 2.12. The maximum absolute atomic E-state index is 12.8.